The van der Waals surface area contributed by atoms with Gasteiger partial charge in [0.1, 0.15) is 0 Å². The number of anilines is 1. The van der Waals surface area contributed by atoms with E-state index in [1.165, 1.54) is 24.3 Å². The minimum absolute atomic E-state index is 0.199. The number of hydrogen-bond donors (Lipinski definition) is 2. The van der Waals surface area contributed by atoms with Crippen LogP contribution in [0.5, 0.6) is 0 Å². The maximum Gasteiger partial charge on any atom is 0.261 e. The van der Waals surface area contributed by atoms with Crippen LogP contribution in [-0.4, -0.2) is 14.3 Å². The van der Waals surface area contributed by atoms with Gasteiger partial charge in [-0.2, -0.15) is 0 Å². The molecule has 3 N–H and O–H groups in total. The van der Waals surface area contributed by atoms with E-state index < -0.39 is 15.9 Å². The molecular formula is C15H16N2O3S. The molecule has 6 heteroatoms. The van der Waals surface area contributed by atoms with Crippen LogP contribution < -0.4 is 10.5 Å². The van der Waals surface area contributed by atoms with E-state index in [-0.39, 0.29) is 4.90 Å². The first-order valence-electron chi connectivity index (χ1n) is 6.29. The molecule has 0 fully saturated rings. The van der Waals surface area contributed by atoms with Gasteiger partial charge < -0.3 is 5.73 Å². The molecular weight excluding hydrogens is 288 g/mol. The number of benzene rings is 2. The van der Waals surface area contributed by atoms with E-state index in [0.717, 1.165) is 11.1 Å². The average molecular weight is 304 g/mol. The first-order valence-corrected chi connectivity index (χ1v) is 7.78. The molecule has 110 valence electrons. The van der Waals surface area contributed by atoms with Crippen molar-refractivity contribution in [2.45, 2.75) is 18.7 Å². The predicted molar refractivity (Wildman–Crippen MR) is 81.7 cm³/mol. The summed E-state index contributed by atoms with van der Waals surface area (Å²) in [7, 11) is -3.65. The molecule has 0 atom stereocenters. The lowest BCUT2D eigenvalue weighted by Crippen LogP contribution is -2.14. The van der Waals surface area contributed by atoms with Crippen molar-refractivity contribution in [2.75, 3.05) is 4.72 Å². The Labute approximate surface area is 123 Å². The summed E-state index contributed by atoms with van der Waals surface area (Å²) < 4.78 is 27.0. The Bertz CT molecular complexity index is 781. The minimum Gasteiger partial charge on any atom is -0.366 e. The number of carbonyl (C=O) groups is 1. The Morgan fingerprint density at radius 3 is 2.14 bits per heavy atom. The van der Waals surface area contributed by atoms with Crippen molar-refractivity contribution in [1.29, 1.82) is 0 Å². The smallest absolute Gasteiger partial charge is 0.261 e. The molecule has 21 heavy (non-hydrogen) atoms. The van der Waals surface area contributed by atoms with Crippen LogP contribution >= 0.6 is 0 Å². The highest BCUT2D eigenvalue weighted by molar-refractivity contribution is 7.92. The lowest BCUT2D eigenvalue weighted by molar-refractivity contribution is 0.100. The van der Waals surface area contributed by atoms with Crippen LogP contribution in [0.15, 0.2) is 47.4 Å². The number of sulfonamides is 1. The van der Waals surface area contributed by atoms with Gasteiger partial charge >= 0.3 is 0 Å². The summed E-state index contributed by atoms with van der Waals surface area (Å²) >= 11 is 0. The standard InChI is InChI=1S/C15H16N2O3S/c1-10-3-8-14(9-11(10)2)21(19,20)17-13-6-4-12(5-7-13)15(16)18/h3-9,17H,1-2H3,(H2,16,18). The summed E-state index contributed by atoms with van der Waals surface area (Å²) in [4.78, 5) is 11.2. The van der Waals surface area contributed by atoms with Crippen LogP contribution in [0.3, 0.4) is 0 Å². The lowest BCUT2D eigenvalue weighted by Gasteiger charge is -2.10. The van der Waals surface area contributed by atoms with Crippen molar-refractivity contribution in [1.82, 2.24) is 0 Å². The molecule has 0 saturated heterocycles. The Morgan fingerprint density at radius 1 is 1.00 bits per heavy atom. The van der Waals surface area contributed by atoms with Gasteiger partial charge in [-0.05, 0) is 61.4 Å². The molecule has 0 unspecified atom stereocenters. The highest BCUT2D eigenvalue weighted by Gasteiger charge is 2.15. The van der Waals surface area contributed by atoms with Gasteiger partial charge in [0.2, 0.25) is 5.91 Å². The second-order valence-corrected chi connectivity index (χ2v) is 6.48. The maximum absolute atomic E-state index is 12.3. The lowest BCUT2D eigenvalue weighted by atomic mass is 10.1. The second-order valence-electron chi connectivity index (χ2n) is 4.79. The van der Waals surface area contributed by atoms with E-state index in [1.54, 1.807) is 18.2 Å². The van der Waals surface area contributed by atoms with Crippen molar-refractivity contribution in [3.8, 4) is 0 Å². The molecule has 0 heterocycles. The number of primary amides is 1. The second kappa shape index (κ2) is 5.57. The van der Waals surface area contributed by atoms with Crippen molar-refractivity contribution >= 4 is 21.6 Å². The normalized spacial score (nSPS) is 11.1. The fourth-order valence-electron chi connectivity index (χ4n) is 1.80. The Morgan fingerprint density at radius 2 is 1.62 bits per heavy atom. The molecule has 0 spiro atoms. The van der Waals surface area contributed by atoms with Crippen LogP contribution in [-0.2, 0) is 10.0 Å². The highest BCUT2D eigenvalue weighted by Crippen LogP contribution is 2.19. The van der Waals surface area contributed by atoms with Crippen LogP contribution in [0.2, 0.25) is 0 Å². The van der Waals surface area contributed by atoms with Gasteiger partial charge in [-0.25, -0.2) is 8.42 Å². The van der Waals surface area contributed by atoms with Gasteiger partial charge in [0.05, 0.1) is 4.90 Å². The third-order valence-electron chi connectivity index (χ3n) is 3.21. The molecule has 0 radical (unpaired) electrons. The molecule has 0 aliphatic carbocycles. The van der Waals surface area contributed by atoms with Crippen molar-refractivity contribution < 1.29 is 13.2 Å². The SMILES string of the molecule is Cc1ccc(S(=O)(=O)Nc2ccc(C(N)=O)cc2)cc1C. The summed E-state index contributed by atoms with van der Waals surface area (Å²) in [5.41, 5.74) is 7.76. The third kappa shape index (κ3) is 3.41. The molecule has 5 nitrogen and oxygen atoms in total. The zero-order chi connectivity index (χ0) is 15.6. The quantitative estimate of drug-likeness (QED) is 0.907. The van der Waals surface area contributed by atoms with Gasteiger partial charge in [-0.1, -0.05) is 6.07 Å². The molecule has 2 aromatic rings. The van der Waals surface area contributed by atoms with Crippen LogP contribution in [0.25, 0.3) is 0 Å². The largest absolute Gasteiger partial charge is 0.366 e. The number of carbonyl (C=O) groups excluding carboxylic acids is 1. The van der Waals surface area contributed by atoms with Crippen LogP contribution in [0, 0.1) is 13.8 Å². The van der Waals surface area contributed by atoms with E-state index >= 15 is 0 Å². The Balaban J connectivity index is 2.28. The number of rotatable bonds is 4. The van der Waals surface area contributed by atoms with E-state index in [0.29, 0.717) is 11.3 Å². The van der Waals surface area contributed by atoms with E-state index in [2.05, 4.69) is 4.72 Å². The number of amides is 1. The monoisotopic (exact) mass is 304 g/mol. The summed E-state index contributed by atoms with van der Waals surface area (Å²) in [6, 6.07) is 10.9. The fourth-order valence-corrected chi connectivity index (χ4v) is 2.94. The van der Waals surface area contributed by atoms with Crippen molar-refractivity contribution in [2.24, 2.45) is 5.73 Å². The number of nitrogens with one attached hydrogen (secondary N) is 1. The minimum atomic E-state index is -3.65. The molecule has 2 rings (SSSR count). The summed E-state index contributed by atoms with van der Waals surface area (Å²) in [5, 5.41) is 0. The molecule has 1 amide bonds. The van der Waals surface area contributed by atoms with E-state index in [9.17, 15) is 13.2 Å². The van der Waals surface area contributed by atoms with Gasteiger partial charge in [0.25, 0.3) is 10.0 Å². The molecule has 0 saturated carbocycles. The zero-order valence-corrected chi connectivity index (χ0v) is 12.6. The Hall–Kier alpha value is -2.34. The molecule has 0 aliphatic rings. The maximum atomic E-state index is 12.3. The van der Waals surface area contributed by atoms with Gasteiger partial charge in [0, 0.05) is 11.3 Å². The average Bonchev–Trinajstić information content (AvgIpc) is 2.42. The molecule has 0 bridgehead atoms. The highest BCUT2D eigenvalue weighted by atomic mass is 32.2. The van der Waals surface area contributed by atoms with Crippen LogP contribution in [0.4, 0.5) is 5.69 Å². The van der Waals surface area contributed by atoms with E-state index in [4.69, 9.17) is 5.73 Å². The van der Waals surface area contributed by atoms with E-state index in [1.807, 2.05) is 13.8 Å². The third-order valence-corrected chi connectivity index (χ3v) is 4.59. The fraction of sp³-hybridized carbons (Fsp3) is 0.133. The summed E-state index contributed by atoms with van der Waals surface area (Å²) in [5.74, 6) is -0.557. The topological polar surface area (TPSA) is 89.3 Å². The number of hydrogen-bond acceptors (Lipinski definition) is 3. The number of aryl methyl sites for hydroxylation is 2. The Kier molecular flexibility index (Phi) is 3.99. The zero-order valence-electron chi connectivity index (χ0n) is 11.8. The summed E-state index contributed by atoms with van der Waals surface area (Å²) in [6.45, 7) is 3.78. The number of nitrogens with two attached hydrogens (primary N) is 1. The van der Waals surface area contributed by atoms with Gasteiger partial charge in [0.15, 0.2) is 0 Å². The van der Waals surface area contributed by atoms with Gasteiger partial charge in [-0.3, -0.25) is 9.52 Å². The van der Waals surface area contributed by atoms with Gasteiger partial charge in [-0.15, -0.1) is 0 Å². The predicted octanol–water partition coefficient (Wildman–Crippen LogP) is 2.20. The first kappa shape index (κ1) is 15.1. The first-order chi connectivity index (χ1) is 9.79. The molecule has 2 aromatic carbocycles. The van der Waals surface area contributed by atoms with Crippen molar-refractivity contribution in [3.63, 3.8) is 0 Å². The van der Waals surface area contributed by atoms with Crippen LogP contribution in [0.1, 0.15) is 21.5 Å². The summed E-state index contributed by atoms with van der Waals surface area (Å²) in [6.07, 6.45) is 0. The van der Waals surface area contributed by atoms with Crippen molar-refractivity contribution in [3.05, 3.63) is 59.2 Å². The molecule has 0 aromatic heterocycles. The molecule has 0 aliphatic heterocycles.